The zero-order chi connectivity index (χ0) is 19.6. The van der Waals surface area contributed by atoms with E-state index in [-0.39, 0.29) is 5.75 Å². The zero-order valence-electron chi connectivity index (χ0n) is 14.7. The Balaban J connectivity index is 1.99. The number of piperazine rings is 1. The van der Waals surface area contributed by atoms with Crippen molar-refractivity contribution in [1.82, 2.24) is 10.2 Å². The number of nitrogens with zero attached hydrogens (tertiary/aromatic N) is 1. The van der Waals surface area contributed by atoms with Crippen LogP contribution in [0.15, 0.2) is 36.4 Å². The van der Waals surface area contributed by atoms with Gasteiger partial charge in [0.2, 0.25) is 0 Å². The molecule has 2 aromatic rings. The molecule has 1 atom stereocenters. The van der Waals surface area contributed by atoms with Crippen LogP contribution in [0.5, 0.6) is 11.5 Å². The monoisotopic (exact) mass is 384 g/mol. The Hall–Kier alpha value is -2.32. The largest absolute Gasteiger partial charge is 0.573 e. The van der Waals surface area contributed by atoms with Gasteiger partial charge in [0.05, 0.1) is 6.04 Å². The predicted octanol–water partition coefficient (Wildman–Crippen LogP) is 3.73. The smallest absolute Gasteiger partial charge is 0.505 e. The normalized spacial score (nSPS) is 16.9. The van der Waals surface area contributed by atoms with Crippen molar-refractivity contribution in [2.75, 3.05) is 26.2 Å². The van der Waals surface area contributed by atoms with Crippen molar-refractivity contribution in [3.05, 3.63) is 58.9 Å². The minimum absolute atomic E-state index is 0.323. The Bertz CT molecular complexity index is 788. The Labute approximate surface area is 154 Å². The molecule has 0 saturated carbocycles. The highest BCUT2D eigenvalue weighted by molar-refractivity contribution is 5.45. The van der Waals surface area contributed by atoms with Gasteiger partial charge in [-0.2, -0.15) is 0 Å². The molecule has 1 heterocycles. The van der Waals surface area contributed by atoms with Crippen LogP contribution in [0.25, 0.3) is 0 Å². The van der Waals surface area contributed by atoms with Gasteiger partial charge >= 0.3 is 6.36 Å². The van der Waals surface area contributed by atoms with E-state index in [9.17, 15) is 22.7 Å². The van der Waals surface area contributed by atoms with Gasteiger partial charge in [0.25, 0.3) is 0 Å². The molecule has 0 aromatic heterocycles. The topological polar surface area (TPSA) is 44.7 Å². The number of phenolic OH excluding ortho intramolecular Hbond substituents is 1. The van der Waals surface area contributed by atoms with Crippen molar-refractivity contribution >= 4 is 0 Å². The van der Waals surface area contributed by atoms with Crippen molar-refractivity contribution in [1.29, 1.82) is 0 Å². The Morgan fingerprint density at radius 1 is 1.07 bits per heavy atom. The van der Waals surface area contributed by atoms with Crippen molar-refractivity contribution < 1.29 is 27.4 Å². The number of rotatable bonds is 4. The van der Waals surface area contributed by atoms with E-state index in [2.05, 4.69) is 15.0 Å². The molecule has 1 fully saturated rings. The number of hydrogen-bond acceptors (Lipinski definition) is 4. The molecule has 3 rings (SSSR count). The van der Waals surface area contributed by atoms with Crippen LogP contribution in [-0.4, -0.2) is 42.5 Å². The summed E-state index contributed by atoms with van der Waals surface area (Å²) in [5.74, 6) is -1.46. The molecular formula is C19H20F4N2O2. The third-order valence-electron chi connectivity index (χ3n) is 4.58. The summed E-state index contributed by atoms with van der Waals surface area (Å²) in [7, 11) is 0. The number of aromatic hydroxyl groups is 1. The highest BCUT2D eigenvalue weighted by Crippen LogP contribution is 2.37. The first-order valence-corrected chi connectivity index (χ1v) is 8.54. The molecule has 1 aliphatic rings. The number of halogens is 4. The van der Waals surface area contributed by atoms with Crippen LogP contribution in [-0.2, 0) is 0 Å². The summed E-state index contributed by atoms with van der Waals surface area (Å²) in [5, 5.41) is 13.6. The molecule has 8 heteroatoms. The van der Waals surface area contributed by atoms with E-state index in [0.717, 1.165) is 13.1 Å². The minimum atomic E-state index is -4.77. The van der Waals surface area contributed by atoms with Crippen LogP contribution in [0.3, 0.4) is 0 Å². The van der Waals surface area contributed by atoms with Crippen molar-refractivity contribution in [2.24, 2.45) is 0 Å². The van der Waals surface area contributed by atoms with Crippen molar-refractivity contribution in [3.8, 4) is 11.5 Å². The van der Waals surface area contributed by atoms with Gasteiger partial charge in [-0.25, -0.2) is 4.39 Å². The fourth-order valence-corrected chi connectivity index (χ4v) is 3.28. The van der Waals surface area contributed by atoms with Crippen LogP contribution in [0.1, 0.15) is 22.7 Å². The molecule has 0 bridgehead atoms. The maximum atomic E-state index is 14.3. The zero-order valence-corrected chi connectivity index (χ0v) is 14.7. The van der Waals surface area contributed by atoms with Gasteiger partial charge in [-0.1, -0.05) is 24.3 Å². The lowest BCUT2D eigenvalue weighted by atomic mass is 9.94. The van der Waals surface area contributed by atoms with E-state index >= 15 is 0 Å². The molecule has 146 valence electrons. The fourth-order valence-electron chi connectivity index (χ4n) is 3.28. The third-order valence-corrected chi connectivity index (χ3v) is 4.58. The molecular weight excluding hydrogens is 364 g/mol. The number of nitrogens with one attached hydrogen (secondary N) is 1. The average Bonchev–Trinajstić information content (AvgIpc) is 2.63. The SMILES string of the molecule is Cc1ccc([C@H](c2ccc(OC(F)(F)F)cc2)N2CCNCC2)c(O)c1F. The molecule has 27 heavy (non-hydrogen) atoms. The lowest BCUT2D eigenvalue weighted by Gasteiger charge is -2.36. The van der Waals surface area contributed by atoms with Gasteiger partial charge in [-0.05, 0) is 30.2 Å². The molecule has 2 N–H and O–H groups in total. The third kappa shape index (κ3) is 4.51. The maximum absolute atomic E-state index is 14.3. The molecule has 0 unspecified atom stereocenters. The predicted molar refractivity (Wildman–Crippen MR) is 92.2 cm³/mol. The Morgan fingerprint density at radius 2 is 1.70 bits per heavy atom. The summed E-state index contributed by atoms with van der Waals surface area (Å²) in [6.07, 6.45) is -4.77. The lowest BCUT2D eigenvalue weighted by Crippen LogP contribution is -2.45. The summed E-state index contributed by atoms with van der Waals surface area (Å²) >= 11 is 0. The van der Waals surface area contributed by atoms with E-state index in [0.29, 0.717) is 29.8 Å². The first-order valence-electron chi connectivity index (χ1n) is 8.54. The Kier molecular flexibility index (Phi) is 5.57. The van der Waals surface area contributed by atoms with Crippen LogP contribution < -0.4 is 10.1 Å². The summed E-state index contributed by atoms with van der Waals surface area (Å²) in [6, 6.07) is 8.21. The molecule has 1 aliphatic heterocycles. The van der Waals surface area contributed by atoms with E-state index < -0.39 is 24.0 Å². The minimum Gasteiger partial charge on any atom is -0.505 e. The van der Waals surface area contributed by atoms with Gasteiger partial charge < -0.3 is 15.2 Å². The number of hydrogen-bond donors (Lipinski definition) is 2. The summed E-state index contributed by atoms with van der Waals surface area (Å²) in [4.78, 5) is 2.06. The van der Waals surface area contributed by atoms with E-state index in [4.69, 9.17) is 0 Å². The van der Waals surface area contributed by atoms with Crippen LogP contribution >= 0.6 is 0 Å². The average molecular weight is 384 g/mol. The molecule has 0 radical (unpaired) electrons. The number of phenols is 1. The number of alkyl halides is 3. The number of ether oxygens (including phenoxy) is 1. The van der Waals surface area contributed by atoms with Gasteiger partial charge in [-0.15, -0.1) is 13.2 Å². The standard InChI is InChI=1S/C19H20F4N2O2/c1-12-2-7-15(18(26)16(12)20)17(25-10-8-24-9-11-25)13-3-5-14(6-4-13)27-19(21,22)23/h2-7,17,24,26H,8-11H2,1H3/t17-/m0/s1. The second-order valence-corrected chi connectivity index (χ2v) is 6.44. The molecule has 2 aromatic carbocycles. The highest BCUT2D eigenvalue weighted by atomic mass is 19.4. The summed E-state index contributed by atoms with van der Waals surface area (Å²) in [5.41, 5.74) is 1.35. The quantitative estimate of drug-likeness (QED) is 0.789. The fraction of sp³-hybridized carbons (Fsp3) is 0.368. The first kappa shape index (κ1) is 19.4. The van der Waals surface area contributed by atoms with Gasteiger partial charge in [0.1, 0.15) is 5.75 Å². The van der Waals surface area contributed by atoms with Crippen LogP contribution in [0.2, 0.25) is 0 Å². The molecule has 0 aliphatic carbocycles. The summed E-state index contributed by atoms with van der Waals surface area (Å²) in [6.45, 7) is 4.31. The van der Waals surface area contributed by atoms with E-state index in [1.807, 2.05) is 0 Å². The molecule has 1 saturated heterocycles. The second-order valence-electron chi connectivity index (χ2n) is 6.44. The lowest BCUT2D eigenvalue weighted by molar-refractivity contribution is -0.274. The molecule has 0 spiro atoms. The van der Waals surface area contributed by atoms with E-state index in [1.54, 1.807) is 19.1 Å². The number of aryl methyl sites for hydroxylation is 1. The van der Waals surface area contributed by atoms with Gasteiger partial charge in [-0.3, -0.25) is 4.90 Å². The number of benzene rings is 2. The molecule has 0 amide bonds. The first-order chi connectivity index (χ1) is 12.8. The Morgan fingerprint density at radius 3 is 2.30 bits per heavy atom. The highest BCUT2D eigenvalue weighted by Gasteiger charge is 2.32. The van der Waals surface area contributed by atoms with Gasteiger partial charge in [0.15, 0.2) is 11.6 Å². The summed E-state index contributed by atoms with van der Waals surface area (Å²) < 4.78 is 55.3. The second kappa shape index (κ2) is 7.74. The van der Waals surface area contributed by atoms with Crippen molar-refractivity contribution in [3.63, 3.8) is 0 Å². The van der Waals surface area contributed by atoms with Gasteiger partial charge in [0, 0.05) is 31.7 Å². The maximum Gasteiger partial charge on any atom is 0.573 e. The molecule has 4 nitrogen and oxygen atoms in total. The van der Waals surface area contributed by atoms with Crippen LogP contribution in [0, 0.1) is 12.7 Å². The van der Waals surface area contributed by atoms with Crippen LogP contribution in [0.4, 0.5) is 17.6 Å². The van der Waals surface area contributed by atoms with Crippen molar-refractivity contribution in [2.45, 2.75) is 19.3 Å². The van der Waals surface area contributed by atoms with E-state index in [1.165, 1.54) is 24.3 Å².